The highest BCUT2D eigenvalue weighted by atomic mass is 127. The van der Waals surface area contributed by atoms with Gasteiger partial charge in [-0.25, -0.2) is 4.68 Å². The Morgan fingerprint density at radius 1 is 1.24 bits per heavy atom. The van der Waals surface area contributed by atoms with Crippen molar-refractivity contribution in [3.63, 3.8) is 0 Å². The lowest BCUT2D eigenvalue weighted by Crippen LogP contribution is -2.45. The number of nitrogens with zero attached hydrogens (tertiary/aromatic N) is 5. The fraction of sp³-hybridized carbons (Fsp3) is 0.250. The van der Waals surface area contributed by atoms with Crippen molar-refractivity contribution in [1.29, 1.82) is 5.26 Å². The van der Waals surface area contributed by atoms with Crippen molar-refractivity contribution < 1.29 is 9.53 Å². The Labute approximate surface area is 220 Å². The highest BCUT2D eigenvalue weighted by Gasteiger charge is 2.59. The van der Waals surface area contributed by atoms with Gasteiger partial charge in [0.25, 0.3) is 5.91 Å². The van der Waals surface area contributed by atoms with E-state index in [0.717, 1.165) is 9.26 Å². The summed E-state index contributed by atoms with van der Waals surface area (Å²) in [6.07, 6.45) is 2.82. The summed E-state index contributed by atoms with van der Waals surface area (Å²) in [5.74, 6) is 0.444. The van der Waals surface area contributed by atoms with Crippen molar-refractivity contribution in [1.82, 2.24) is 19.9 Å². The van der Waals surface area contributed by atoms with Gasteiger partial charge in [0.1, 0.15) is 15.0 Å². The third kappa shape index (κ3) is 3.76. The van der Waals surface area contributed by atoms with Crippen molar-refractivity contribution in [2.45, 2.75) is 24.4 Å². The zero-order chi connectivity index (χ0) is 24.0. The third-order valence-electron chi connectivity index (χ3n) is 6.40. The summed E-state index contributed by atoms with van der Waals surface area (Å²) in [4.78, 5) is 15.8. The number of hydrogen-bond donors (Lipinski definition) is 0. The number of methoxy groups -OCH3 is 1. The quantitative estimate of drug-likeness (QED) is 0.387. The maximum absolute atomic E-state index is 13.9. The van der Waals surface area contributed by atoms with E-state index in [1.165, 1.54) is 0 Å². The second kappa shape index (κ2) is 8.87. The van der Waals surface area contributed by atoms with Crippen LogP contribution in [0.15, 0.2) is 54.4 Å². The molecular formula is C24H18Cl2IN5O2. The Morgan fingerprint density at radius 3 is 2.53 bits per heavy atom. The molecule has 2 aromatic carbocycles. The Bertz CT molecular complexity index is 1340. The number of rotatable bonds is 5. The minimum Gasteiger partial charge on any atom is -0.498 e. The molecule has 0 radical (unpaired) electrons. The molecule has 172 valence electrons. The second-order valence-electron chi connectivity index (χ2n) is 8.36. The third-order valence-corrected chi connectivity index (χ3v) is 7.61. The number of benzene rings is 2. The van der Waals surface area contributed by atoms with E-state index < -0.39 is 5.54 Å². The summed E-state index contributed by atoms with van der Waals surface area (Å²) < 4.78 is 8.74. The number of nitriles is 1. The van der Waals surface area contributed by atoms with Crippen LogP contribution in [0, 0.1) is 15.0 Å². The molecule has 7 nitrogen and oxygen atoms in total. The summed E-state index contributed by atoms with van der Waals surface area (Å²) in [7, 11) is 1.59. The molecule has 0 bridgehead atoms. The molecule has 0 aliphatic carbocycles. The minimum atomic E-state index is -0.732. The van der Waals surface area contributed by atoms with Gasteiger partial charge < -0.3 is 9.64 Å². The van der Waals surface area contributed by atoms with E-state index in [-0.39, 0.29) is 11.9 Å². The molecule has 34 heavy (non-hydrogen) atoms. The summed E-state index contributed by atoms with van der Waals surface area (Å²) in [6.45, 7) is 0.457. The number of halogens is 3. The van der Waals surface area contributed by atoms with Crippen LogP contribution in [0.25, 0.3) is 5.57 Å². The first-order chi connectivity index (χ1) is 16.4. The summed E-state index contributed by atoms with van der Waals surface area (Å²) in [6, 6.07) is 14.6. The molecule has 0 spiro atoms. The first-order valence-corrected chi connectivity index (χ1v) is 12.3. The summed E-state index contributed by atoms with van der Waals surface area (Å²) >= 11 is 14.7. The highest BCUT2D eigenvalue weighted by molar-refractivity contribution is 14.1. The number of ether oxygens (including phenoxy) is 1. The lowest BCUT2D eigenvalue weighted by molar-refractivity contribution is -0.126. The lowest BCUT2D eigenvalue weighted by Gasteiger charge is -2.34. The second-order valence-corrected chi connectivity index (χ2v) is 10.3. The lowest BCUT2D eigenvalue weighted by atomic mass is 9.85. The molecule has 1 aromatic heterocycles. The molecule has 1 amide bonds. The molecule has 1 fully saturated rings. The smallest absolute Gasteiger partial charge is 0.258 e. The van der Waals surface area contributed by atoms with E-state index in [2.05, 4.69) is 39.0 Å². The monoisotopic (exact) mass is 605 g/mol. The molecule has 5 rings (SSSR count). The summed E-state index contributed by atoms with van der Waals surface area (Å²) in [5.41, 5.74) is 1.93. The fourth-order valence-corrected chi connectivity index (χ4v) is 6.22. The van der Waals surface area contributed by atoms with Gasteiger partial charge in [-0.05, 0) is 64.0 Å². The Balaban J connectivity index is 1.66. The van der Waals surface area contributed by atoms with E-state index in [0.29, 0.717) is 51.9 Å². The first kappa shape index (κ1) is 23.1. The van der Waals surface area contributed by atoms with E-state index in [4.69, 9.17) is 27.9 Å². The minimum absolute atomic E-state index is 0.0635. The molecule has 3 heterocycles. The van der Waals surface area contributed by atoms with Gasteiger partial charge in [-0.15, -0.1) is 5.10 Å². The zero-order valence-electron chi connectivity index (χ0n) is 18.0. The van der Waals surface area contributed by atoms with Crippen molar-refractivity contribution in [2.75, 3.05) is 13.7 Å². The Hall–Kier alpha value is -2.61. The standard InChI is InChI=1S/C24H18Cl2IN5O2/c1-34-22-21(16-6-17(25)8-18(26)7-16)23(33)31-13-19(32-20(27)12-29-30-32)10-24(22,31)9-14-2-4-15(11-28)5-3-14/h2-8,12,19H,9-10,13H2,1H3. The normalized spacial score (nSPS) is 21.7. The van der Waals surface area contributed by atoms with Gasteiger partial charge in [0.05, 0.1) is 36.6 Å². The number of hydrogen-bond acceptors (Lipinski definition) is 5. The number of carbonyl (C=O) groups is 1. The molecule has 0 N–H and O–H groups in total. The van der Waals surface area contributed by atoms with Gasteiger partial charge >= 0.3 is 0 Å². The van der Waals surface area contributed by atoms with Gasteiger partial charge in [0.15, 0.2) is 0 Å². The fourth-order valence-electron chi connectivity index (χ4n) is 5.08. The van der Waals surface area contributed by atoms with Crippen LogP contribution in [0.2, 0.25) is 10.0 Å². The van der Waals surface area contributed by atoms with Gasteiger partial charge in [-0.3, -0.25) is 4.79 Å². The van der Waals surface area contributed by atoms with Crippen molar-refractivity contribution in [2.24, 2.45) is 0 Å². The number of aromatic nitrogens is 3. The highest BCUT2D eigenvalue weighted by Crippen LogP contribution is 2.52. The number of fused-ring (bicyclic) bond motifs is 1. The van der Waals surface area contributed by atoms with Crippen LogP contribution in [-0.4, -0.2) is 45.0 Å². The zero-order valence-corrected chi connectivity index (χ0v) is 21.7. The maximum atomic E-state index is 13.9. The van der Waals surface area contributed by atoms with Gasteiger partial charge in [-0.1, -0.05) is 40.5 Å². The van der Waals surface area contributed by atoms with Crippen LogP contribution < -0.4 is 0 Å². The van der Waals surface area contributed by atoms with Crippen molar-refractivity contribution in [3.8, 4) is 6.07 Å². The molecule has 1 saturated heterocycles. The molecule has 2 aliphatic rings. The van der Waals surface area contributed by atoms with Crippen molar-refractivity contribution >= 4 is 57.3 Å². The topological polar surface area (TPSA) is 84.0 Å². The molecule has 0 saturated carbocycles. The van der Waals surface area contributed by atoms with Crippen LogP contribution in [0.1, 0.15) is 29.2 Å². The van der Waals surface area contributed by atoms with E-state index in [9.17, 15) is 10.1 Å². The Morgan fingerprint density at radius 2 is 1.94 bits per heavy atom. The van der Waals surface area contributed by atoms with E-state index >= 15 is 0 Å². The molecule has 2 unspecified atom stereocenters. The van der Waals surface area contributed by atoms with Crippen LogP contribution in [0.3, 0.4) is 0 Å². The predicted molar refractivity (Wildman–Crippen MR) is 136 cm³/mol. The Kier molecular flexibility index (Phi) is 6.04. The molecular weight excluding hydrogens is 588 g/mol. The number of amides is 1. The van der Waals surface area contributed by atoms with Crippen LogP contribution in [0.4, 0.5) is 0 Å². The van der Waals surface area contributed by atoms with E-state index in [1.807, 2.05) is 21.7 Å². The molecule has 10 heteroatoms. The SMILES string of the molecule is COC1=C(c2cc(Cl)cc(Cl)c2)C(=O)N2CC(n3nncc3I)CC12Cc1ccc(C#N)cc1. The molecule has 2 aliphatic heterocycles. The first-order valence-electron chi connectivity index (χ1n) is 10.5. The van der Waals surface area contributed by atoms with Gasteiger partial charge in [0.2, 0.25) is 0 Å². The maximum Gasteiger partial charge on any atom is 0.258 e. The molecule has 3 aromatic rings. The average Bonchev–Trinajstić information content (AvgIpc) is 3.45. The van der Waals surface area contributed by atoms with Crippen LogP contribution in [0.5, 0.6) is 0 Å². The number of carbonyl (C=O) groups excluding carboxylic acids is 1. The predicted octanol–water partition coefficient (Wildman–Crippen LogP) is 4.89. The van der Waals surface area contributed by atoms with E-state index in [1.54, 1.807) is 43.6 Å². The molecule has 2 atom stereocenters. The van der Waals surface area contributed by atoms with Crippen LogP contribution >= 0.6 is 45.8 Å². The van der Waals surface area contributed by atoms with Crippen LogP contribution in [-0.2, 0) is 16.0 Å². The van der Waals surface area contributed by atoms with Crippen molar-refractivity contribution in [3.05, 3.63) is 84.9 Å². The van der Waals surface area contributed by atoms with Gasteiger partial charge in [0, 0.05) is 29.4 Å². The largest absolute Gasteiger partial charge is 0.498 e. The van der Waals surface area contributed by atoms with Gasteiger partial charge in [-0.2, -0.15) is 5.26 Å². The summed E-state index contributed by atoms with van der Waals surface area (Å²) in [5, 5.41) is 18.4. The average molecular weight is 606 g/mol.